The van der Waals surface area contributed by atoms with Crippen LogP contribution in [0.2, 0.25) is 0 Å². The van der Waals surface area contributed by atoms with E-state index in [4.69, 9.17) is 4.99 Å². The Kier molecular flexibility index (Phi) is 7.67. The fraction of sp³-hybridized carbons (Fsp3) is 0.121. The fourth-order valence-electron chi connectivity index (χ4n) is 4.42. The summed E-state index contributed by atoms with van der Waals surface area (Å²) in [6.07, 6.45) is 3.34. The van der Waals surface area contributed by atoms with Gasteiger partial charge in [0, 0.05) is 18.4 Å². The van der Waals surface area contributed by atoms with E-state index in [2.05, 4.69) is 0 Å². The maximum atomic E-state index is 13.5. The number of ketones is 1. The van der Waals surface area contributed by atoms with Crippen LogP contribution in [0.5, 0.6) is 0 Å². The van der Waals surface area contributed by atoms with Crippen LogP contribution in [-0.2, 0) is 29.0 Å². The van der Waals surface area contributed by atoms with E-state index in [0.29, 0.717) is 30.1 Å². The molecule has 4 aromatic carbocycles. The number of nitrogens with zero attached hydrogens (tertiary/aromatic N) is 2. The number of benzene rings is 4. The molecule has 0 atom stereocenters. The van der Waals surface area contributed by atoms with Gasteiger partial charge in [-0.25, -0.2) is 4.99 Å². The summed E-state index contributed by atoms with van der Waals surface area (Å²) in [5.41, 5.74) is 5.56. The highest BCUT2D eigenvalue weighted by Crippen LogP contribution is 2.28. The monoisotopic (exact) mass is 500 g/mol. The number of amides is 1. The van der Waals surface area contributed by atoms with Gasteiger partial charge in [-0.3, -0.25) is 14.5 Å². The molecule has 1 N–H and O–H groups in total. The lowest BCUT2D eigenvalue weighted by atomic mass is 10.0. The van der Waals surface area contributed by atoms with Gasteiger partial charge in [0.25, 0.3) is 5.91 Å². The summed E-state index contributed by atoms with van der Waals surface area (Å²) in [6.45, 7) is -0.0332. The predicted molar refractivity (Wildman–Crippen MR) is 151 cm³/mol. The first-order valence-electron chi connectivity index (χ1n) is 12.7. The second-order valence-electron chi connectivity index (χ2n) is 9.24. The van der Waals surface area contributed by atoms with Crippen molar-refractivity contribution in [3.63, 3.8) is 0 Å². The lowest BCUT2D eigenvalue weighted by Crippen LogP contribution is -2.32. The van der Waals surface area contributed by atoms with Gasteiger partial charge in [0.2, 0.25) is 0 Å². The van der Waals surface area contributed by atoms with Crippen molar-refractivity contribution in [3.8, 4) is 0 Å². The molecule has 1 aliphatic rings. The summed E-state index contributed by atoms with van der Waals surface area (Å²) < 4.78 is 0. The maximum absolute atomic E-state index is 13.5. The van der Waals surface area contributed by atoms with Crippen molar-refractivity contribution < 1.29 is 14.7 Å². The number of amidine groups is 1. The molecule has 5 nitrogen and oxygen atoms in total. The third-order valence-electron chi connectivity index (χ3n) is 6.49. The van der Waals surface area contributed by atoms with Crippen molar-refractivity contribution in [2.24, 2.45) is 4.99 Å². The standard InChI is InChI=1S/C33H28N2O3/c36-23-27-13-11-26(12-14-27)22-31-33(38)35(32(34-31)28-9-5-2-6-10-28)29-18-15-25(16-19-29)21-30(37)20-17-24-7-3-1-4-8-24/h1-16,18-19,22,36H,17,20-21,23H2/b31-22-. The highest BCUT2D eigenvalue weighted by atomic mass is 16.3. The SMILES string of the molecule is O=C(CCc1ccccc1)Cc1ccc(N2C(=O)/C(=C/c3ccc(CO)cc3)N=C2c2ccccc2)cc1. The summed E-state index contributed by atoms with van der Waals surface area (Å²) >= 11 is 0. The van der Waals surface area contributed by atoms with Gasteiger partial charge in [-0.1, -0.05) is 97.1 Å². The van der Waals surface area contributed by atoms with Gasteiger partial charge < -0.3 is 5.11 Å². The third-order valence-corrected chi connectivity index (χ3v) is 6.49. The molecule has 0 aliphatic carbocycles. The molecular weight excluding hydrogens is 472 g/mol. The molecule has 0 spiro atoms. The maximum Gasteiger partial charge on any atom is 0.282 e. The number of hydrogen-bond acceptors (Lipinski definition) is 4. The largest absolute Gasteiger partial charge is 0.392 e. The third kappa shape index (κ3) is 5.85. The molecule has 0 unspecified atom stereocenters. The van der Waals surface area contributed by atoms with Gasteiger partial charge in [-0.2, -0.15) is 0 Å². The molecular formula is C33H28N2O3. The number of aliphatic imine (C=N–C) groups is 1. The average Bonchev–Trinajstić information content (AvgIpc) is 3.29. The zero-order valence-corrected chi connectivity index (χ0v) is 21.0. The molecule has 1 heterocycles. The number of carbonyl (C=O) groups excluding carboxylic acids is 2. The van der Waals surface area contributed by atoms with Crippen LogP contribution in [0.3, 0.4) is 0 Å². The molecule has 1 amide bonds. The Labute approximate surface area is 222 Å². The van der Waals surface area contributed by atoms with Crippen molar-refractivity contribution in [2.75, 3.05) is 4.90 Å². The molecule has 0 radical (unpaired) electrons. The van der Waals surface area contributed by atoms with Crippen molar-refractivity contribution in [2.45, 2.75) is 25.9 Å². The van der Waals surface area contributed by atoms with Crippen LogP contribution in [0.1, 0.15) is 34.2 Å². The lowest BCUT2D eigenvalue weighted by Gasteiger charge is -2.19. The summed E-state index contributed by atoms with van der Waals surface area (Å²) in [4.78, 5) is 32.4. The van der Waals surface area contributed by atoms with Crippen LogP contribution < -0.4 is 4.90 Å². The van der Waals surface area contributed by atoms with E-state index < -0.39 is 0 Å². The first-order chi connectivity index (χ1) is 18.6. The van der Waals surface area contributed by atoms with E-state index in [1.807, 2.05) is 109 Å². The number of hydrogen-bond donors (Lipinski definition) is 1. The van der Waals surface area contributed by atoms with Crippen molar-refractivity contribution in [1.82, 2.24) is 0 Å². The molecule has 5 heteroatoms. The van der Waals surface area contributed by atoms with Gasteiger partial charge in [-0.15, -0.1) is 0 Å². The first kappa shape index (κ1) is 25.1. The summed E-state index contributed by atoms with van der Waals surface area (Å²) in [7, 11) is 0. The lowest BCUT2D eigenvalue weighted by molar-refractivity contribution is -0.118. The molecule has 0 aromatic heterocycles. The average molecular weight is 501 g/mol. The Hall–Kier alpha value is -4.61. The van der Waals surface area contributed by atoms with Gasteiger partial charge in [0.05, 0.1) is 12.3 Å². The van der Waals surface area contributed by atoms with Gasteiger partial charge in [0.1, 0.15) is 17.3 Å². The topological polar surface area (TPSA) is 70.0 Å². The highest BCUT2D eigenvalue weighted by Gasteiger charge is 2.32. The van der Waals surface area contributed by atoms with E-state index in [0.717, 1.165) is 34.2 Å². The number of aliphatic hydroxyl groups excluding tert-OH is 1. The molecule has 0 fully saturated rings. The Morgan fingerprint density at radius 1 is 0.763 bits per heavy atom. The number of aryl methyl sites for hydroxylation is 1. The van der Waals surface area contributed by atoms with Gasteiger partial charge in [-0.05, 0) is 46.9 Å². The fourth-order valence-corrected chi connectivity index (χ4v) is 4.42. The minimum absolute atomic E-state index is 0.0332. The summed E-state index contributed by atoms with van der Waals surface area (Å²) in [5, 5.41) is 9.30. The number of rotatable bonds is 9. The zero-order chi connectivity index (χ0) is 26.3. The second kappa shape index (κ2) is 11.6. The first-order valence-corrected chi connectivity index (χ1v) is 12.7. The summed E-state index contributed by atoms with van der Waals surface area (Å²) in [5.74, 6) is 0.519. The van der Waals surface area contributed by atoms with Crippen molar-refractivity contribution in [3.05, 3.63) is 143 Å². The smallest absolute Gasteiger partial charge is 0.282 e. The number of aliphatic hydroxyl groups is 1. The van der Waals surface area contributed by atoms with Crippen LogP contribution in [0, 0.1) is 0 Å². The van der Waals surface area contributed by atoms with Crippen LogP contribution >= 0.6 is 0 Å². The predicted octanol–water partition coefficient (Wildman–Crippen LogP) is 5.76. The molecule has 4 aromatic rings. The quantitative estimate of drug-likeness (QED) is 0.297. The number of Topliss-reactive ketones (excluding diaryl/α,β-unsaturated/α-hetero) is 1. The molecule has 5 rings (SSSR count). The number of carbonyl (C=O) groups is 2. The minimum Gasteiger partial charge on any atom is -0.392 e. The van der Waals surface area contributed by atoms with E-state index in [1.54, 1.807) is 11.0 Å². The number of anilines is 1. The molecule has 0 saturated carbocycles. The highest BCUT2D eigenvalue weighted by molar-refractivity contribution is 6.33. The van der Waals surface area contributed by atoms with Crippen LogP contribution in [-0.4, -0.2) is 22.6 Å². The van der Waals surface area contributed by atoms with E-state index in [-0.39, 0.29) is 18.3 Å². The van der Waals surface area contributed by atoms with Crippen molar-refractivity contribution >= 4 is 29.3 Å². The van der Waals surface area contributed by atoms with E-state index in [1.165, 1.54) is 0 Å². The molecule has 188 valence electrons. The molecule has 1 aliphatic heterocycles. The Morgan fingerprint density at radius 2 is 1.39 bits per heavy atom. The van der Waals surface area contributed by atoms with Crippen LogP contribution in [0.25, 0.3) is 6.08 Å². The van der Waals surface area contributed by atoms with Crippen LogP contribution in [0.15, 0.2) is 120 Å². The Bertz CT molecular complexity index is 1470. The zero-order valence-electron chi connectivity index (χ0n) is 21.0. The normalized spacial score (nSPS) is 14.1. The summed E-state index contributed by atoms with van der Waals surface area (Å²) in [6, 6.07) is 34.5. The van der Waals surface area contributed by atoms with Crippen molar-refractivity contribution in [1.29, 1.82) is 0 Å². The second-order valence-corrected chi connectivity index (χ2v) is 9.24. The molecule has 0 saturated heterocycles. The van der Waals surface area contributed by atoms with Gasteiger partial charge in [0.15, 0.2) is 0 Å². The van der Waals surface area contributed by atoms with E-state index >= 15 is 0 Å². The van der Waals surface area contributed by atoms with E-state index in [9.17, 15) is 14.7 Å². The minimum atomic E-state index is -0.221. The molecule has 38 heavy (non-hydrogen) atoms. The van der Waals surface area contributed by atoms with Crippen LogP contribution in [0.4, 0.5) is 5.69 Å². The molecule has 0 bridgehead atoms. The Morgan fingerprint density at radius 3 is 2.05 bits per heavy atom. The van der Waals surface area contributed by atoms with Gasteiger partial charge >= 0.3 is 0 Å². The Balaban J connectivity index is 1.35.